The SMILES string of the molecule is O=[P+](O)OCCCNCc1ccc(SCCCCC2(c3ccccc3)COC2)c(Br)c1. The van der Waals surface area contributed by atoms with Gasteiger partial charge in [-0.05, 0) is 70.7 Å². The zero-order valence-corrected chi connectivity index (χ0v) is 20.9. The third kappa shape index (κ3) is 7.93. The highest BCUT2D eigenvalue weighted by molar-refractivity contribution is 9.10. The van der Waals surface area contributed by atoms with Gasteiger partial charge in [-0.2, -0.15) is 0 Å². The number of hydrogen-bond acceptors (Lipinski definition) is 5. The van der Waals surface area contributed by atoms with Crippen molar-refractivity contribution >= 4 is 35.9 Å². The average Bonchev–Trinajstić information content (AvgIpc) is 2.73. The molecule has 0 aliphatic carbocycles. The molecule has 0 saturated carbocycles. The first kappa shape index (κ1) is 24.8. The Balaban J connectivity index is 1.34. The van der Waals surface area contributed by atoms with E-state index >= 15 is 0 Å². The molecule has 2 aromatic rings. The minimum absolute atomic E-state index is 0.225. The van der Waals surface area contributed by atoms with E-state index in [-0.39, 0.29) is 12.0 Å². The van der Waals surface area contributed by atoms with Crippen molar-refractivity contribution in [3.05, 3.63) is 64.1 Å². The molecular formula is C23H30BrNO4PS+. The predicted molar refractivity (Wildman–Crippen MR) is 130 cm³/mol. The van der Waals surface area contributed by atoms with Crippen molar-refractivity contribution in [1.82, 2.24) is 5.32 Å². The number of benzene rings is 2. The Bertz CT molecular complexity index is 836. The van der Waals surface area contributed by atoms with Gasteiger partial charge in [0.25, 0.3) is 0 Å². The van der Waals surface area contributed by atoms with E-state index in [1.165, 1.54) is 35.3 Å². The van der Waals surface area contributed by atoms with Gasteiger partial charge in [-0.3, -0.25) is 0 Å². The summed E-state index contributed by atoms with van der Waals surface area (Å²) >= 11 is 5.60. The number of unbranched alkanes of at least 4 members (excludes halogenated alkanes) is 1. The van der Waals surface area contributed by atoms with E-state index in [4.69, 9.17) is 9.63 Å². The second kappa shape index (κ2) is 13.0. The van der Waals surface area contributed by atoms with Crippen LogP contribution in [0.3, 0.4) is 0 Å². The lowest BCUT2D eigenvalue weighted by molar-refractivity contribution is -0.0652. The maximum atomic E-state index is 10.4. The van der Waals surface area contributed by atoms with Crippen molar-refractivity contribution in [2.45, 2.75) is 42.5 Å². The fraction of sp³-hybridized carbons (Fsp3) is 0.478. The molecule has 2 aromatic carbocycles. The molecule has 3 rings (SSSR count). The highest BCUT2D eigenvalue weighted by Crippen LogP contribution is 2.37. The summed E-state index contributed by atoms with van der Waals surface area (Å²) in [5.41, 5.74) is 2.85. The van der Waals surface area contributed by atoms with Crippen molar-refractivity contribution in [2.75, 3.05) is 32.1 Å². The molecule has 0 aromatic heterocycles. The highest BCUT2D eigenvalue weighted by Gasteiger charge is 2.39. The Morgan fingerprint density at radius 2 is 1.97 bits per heavy atom. The molecule has 2 N–H and O–H groups in total. The summed E-state index contributed by atoms with van der Waals surface area (Å²) in [5.74, 6) is 1.11. The Kier molecular flexibility index (Phi) is 10.5. The molecule has 1 atom stereocenters. The summed E-state index contributed by atoms with van der Waals surface area (Å²) in [7, 11) is -2.49. The quantitative estimate of drug-likeness (QED) is 0.183. The molecule has 1 unspecified atom stereocenters. The molecule has 1 fully saturated rings. The number of halogens is 1. The average molecular weight is 527 g/mol. The minimum atomic E-state index is -2.49. The summed E-state index contributed by atoms with van der Waals surface area (Å²) in [5, 5.41) is 3.33. The van der Waals surface area contributed by atoms with E-state index < -0.39 is 8.25 Å². The van der Waals surface area contributed by atoms with Crippen LogP contribution in [0.5, 0.6) is 0 Å². The predicted octanol–water partition coefficient (Wildman–Crippen LogP) is 5.83. The number of nitrogens with one attached hydrogen (secondary N) is 1. The lowest BCUT2D eigenvalue weighted by atomic mass is 9.75. The van der Waals surface area contributed by atoms with Gasteiger partial charge in [0.1, 0.15) is 6.61 Å². The zero-order chi connectivity index (χ0) is 21.9. The van der Waals surface area contributed by atoms with Crippen LogP contribution in [0.2, 0.25) is 0 Å². The van der Waals surface area contributed by atoms with Crippen LogP contribution < -0.4 is 5.32 Å². The molecule has 1 aliphatic rings. The Morgan fingerprint density at radius 1 is 1.16 bits per heavy atom. The molecule has 168 valence electrons. The van der Waals surface area contributed by atoms with Crippen molar-refractivity contribution < 1.29 is 18.7 Å². The minimum Gasteiger partial charge on any atom is -0.379 e. The van der Waals surface area contributed by atoms with E-state index in [0.29, 0.717) is 6.42 Å². The van der Waals surface area contributed by atoms with Gasteiger partial charge in [-0.15, -0.1) is 21.2 Å². The number of ether oxygens (including phenoxy) is 1. The first-order chi connectivity index (χ1) is 15.1. The van der Waals surface area contributed by atoms with Crippen LogP contribution in [0.1, 0.15) is 36.8 Å². The zero-order valence-electron chi connectivity index (χ0n) is 17.6. The van der Waals surface area contributed by atoms with Crippen LogP contribution in [0.25, 0.3) is 0 Å². The van der Waals surface area contributed by atoms with E-state index in [1.807, 2.05) is 11.8 Å². The molecule has 0 spiro atoms. The standard InChI is InChI=1S/C23H29BrNO4PS/c24-21-15-19(16-25-12-6-13-29-30(26)27)9-10-22(21)31-14-5-4-11-23(17-28-18-23)20-7-2-1-3-8-20/h1-3,7-10,15,25H,4-6,11-14,16-18H2/p+1. The van der Waals surface area contributed by atoms with Gasteiger partial charge in [-0.25, -0.2) is 0 Å². The second-order valence-electron chi connectivity index (χ2n) is 7.81. The highest BCUT2D eigenvalue weighted by atomic mass is 79.9. The Hall–Kier alpha value is -0.790. The number of hydrogen-bond donors (Lipinski definition) is 2. The molecule has 8 heteroatoms. The summed E-state index contributed by atoms with van der Waals surface area (Å²) in [6, 6.07) is 17.3. The molecule has 0 amide bonds. The Morgan fingerprint density at radius 3 is 2.65 bits per heavy atom. The molecule has 0 bridgehead atoms. The first-order valence-electron chi connectivity index (χ1n) is 10.6. The normalized spacial score (nSPS) is 15.5. The van der Waals surface area contributed by atoms with Crippen LogP contribution >= 0.6 is 35.9 Å². The fourth-order valence-electron chi connectivity index (χ4n) is 3.69. The summed E-state index contributed by atoms with van der Waals surface area (Å²) < 4.78 is 21.8. The number of rotatable bonds is 14. The summed E-state index contributed by atoms with van der Waals surface area (Å²) in [4.78, 5) is 9.86. The largest absolute Gasteiger partial charge is 0.694 e. The van der Waals surface area contributed by atoms with Gasteiger partial charge < -0.3 is 10.1 Å². The lowest BCUT2D eigenvalue weighted by Gasteiger charge is -2.42. The number of thioether (sulfide) groups is 1. The molecule has 1 saturated heterocycles. The Labute approximate surface area is 198 Å². The maximum Gasteiger partial charge on any atom is 0.694 e. The van der Waals surface area contributed by atoms with Crippen molar-refractivity contribution in [2.24, 2.45) is 0 Å². The fourth-order valence-corrected chi connectivity index (χ4v) is 5.67. The summed E-state index contributed by atoms with van der Waals surface area (Å²) in [6.07, 6.45) is 4.28. The third-order valence-corrected chi connectivity index (χ3v) is 7.96. The third-order valence-electron chi connectivity index (χ3n) is 5.48. The van der Waals surface area contributed by atoms with E-state index in [1.54, 1.807) is 0 Å². The van der Waals surface area contributed by atoms with E-state index in [0.717, 1.165) is 36.5 Å². The molecule has 0 radical (unpaired) electrons. The molecular weight excluding hydrogens is 497 g/mol. The van der Waals surface area contributed by atoms with Gasteiger partial charge in [0.15, 0.2) is 0 Å². The van der Waals surface area contributed by atoms with E-state index in [2.05, 4.69) is 74.3 Å². The lowest BCUT2D eigenvalue weighted by Crippen LogP contribution is -2.46. The maximum absolute atomic E-state index is 10.4. The molecule has 1 aliphatic heterocycles. The van der Waals surface area contributed by atoms with Crippen molar-refractivity contribution in [1.29, 1.82) is 0 Å². The van der Waals surface area contributed by atoms with Crippen LogP contribution in [-0.2, 0) is 25.8 Å². The van der Waals surface area contributed by atoms with Crippen LogP contribution in [0, 0.1) is 0 Å². The van der Waals surface area contributed by atoms with Gasteiger partial charge in [0.05, 0.1) is 13.2 Å². The first-order valence-corrected chi connectivity index (χ1v) is 13.5. The van der Waals surface area contributed by atoms with Gasteiger partial charge in [0.2, 0.25) is 0 Å². The molecule has 5 nitrogen and oxygen atoms in total. The van der Waals surface area contributed by atoms with Crippen molar-refractivity contribution in [3.63, 3.8) is 0 Å². The van der Waals surface area contributed by atoms with Crippen LogP contribution in [-0.4, -0.2) is 37.0 Å². The van der Waals surface area contributed by atoms with Crippen molar-refractivity contribution in [3.8, 4) is 0 Å². The van der Waals surface area contributed by atoms with Gasteiger partial charge >= 0.3 is 8.25 Å². The second-order valence-corrected chi connectivity index (χ2v) is 10.5. The molecule has 31 heavy (non-hydrogen) atoms. The topological polar surface area (TPSA) is 67.8 Å². The monoisotopic (exact) mass is 526 g/mol. The van der Waals surface area contributed by atoms with Gasteiger partial charge in [0, 0.05) is 25.9 Å². The molecule has 1 heterocycles. The van der Waals surface area contributed by atoms with Gasteiger partial charge in [-0.1, -0.05) is 42.8 Å². The van der Waals surface area contributed by atoms with E-state index in [9.17, 15) is 4.57 Å². The smallest absolute Gasteiger partial charge is 0.379 e. The van der Waals surface area contributed by atoms with Crippen LogP contribution in [0.15, 0.2) is 57.9 Å². The van der Waals surface area contributed by atoms with Crippen LogP contribution in [0.4, 0.5) is 0 Å². The summed E-state index contributed by atoms with van der Waals surface area (Å²) in [6.45, 7) is 3.49.